The van der Waals surface area contributed by atoms with Crippen LogP contribution in [-0.4, -0.2) is 16.8 Å². The van der Waals surface area contributed by atoms with E-state index in [-0.39, 0.29) is 30.2 Å². The highest BCUT2D eigenvalue weighted by Gasteiger charge is 2.33. The maximum Gasteiger partial charge on any atom is 0.329 e. The van der Waals surface area contributed by atoms with Crippen LogP contribution < -0.4 is 10.1 Å². The lowest BCUT2D eigenvalue weighted by Crippen LogP contribution is -2.30. The van der Waals surface area contributed by atoms with Crippen molar-refractivity contribution in [3.05, 3.63) is 107 Å². The Bertz CT molecular complexity index is 1160. The van der Waals surface area contributed by atoms with Crippen LogP contribution in [0.3, 0.4) is 0 Å². The second-order valence-electron chi connectivity index (χ2n) is 6.92. The molecule has 7 heteroatoms. The highest BCUT2D eigenvalue weighted by molar-refractivity contribution is 6.13. The van der Waals surface area contributed by atoms with E-state index >= 15 is 0 Å². The van der Waals surface area contributed by atoms with Gasteiger partial charge in [-0.25, -0.2) is 13.6 Å². The first-order valence-corrected chi connectivity index (χ1v) is 9.55. The fourth-order valence-electron chi connectivity index (χ4n) is 3.12. The Labute approximate surface area is 177 Å². The van der Waals surface area contributed by atoms with Crippen LogP contribution in [0.15, 0.2) is 78.5 Å². The van der Waals surface area contributed by atoms with E-state index in [9.17, 15) is 18.4 Å². The Kier molecular flexibility index (Phi) is 5.75. The molecule has 156 valence electrons. The van der Waals surface area contributed by atoms with E-state index in [2.05, 4.69) is 5.32 Å². The van der Waals surface area contributed by atoms with Gasteiger partial charge in [-0.15, -0.1) is 0 Å². The molecule has 4 rings (SSSR count). The quantitative estimate of drug-likeness (QED) is 0.467. The Morgan fingerprint density at radius 2 is 1.45 bits per heavy atom. The van der Waals surface area contributed by atoms with Crippen molar-refractivity contribution in [2.75, 3.05) is 0 Å². The predicted octanol–water partition coefficient (Wildman–Crippen LogP) is 4.64. The maximum atomic E-state index is 13.9. The summed E-state index contributed by atoms with van der Waals surface area (Å²) in [5.74, 6) is -0.813. The summed E-state index contributed by atoms with van der Waals surface area (Å²) in [6.45, 7) is -0.0653. The molecule has 1 N–H and O–H groups in total. The first-order valence-electron chi connectivity index (χ1n) is 9.55. The molecular weight excluding hydrogens is 402 g/mol. The summed E-state index contributed by atoms with van der Waals surface area (Å²) in [5, 5.41) is 2.51. The molecule has 0 aliphatic carbocycles. The van der Waals surface area contributed by atoms with Crippen molar-refractivity contribution in [1.82, 2.24) is 10.2 Å². The van der Waals surface area contributed by atoms with Crippen molar-refractivity contribution in [3.63, 3.8) is 0 Å². The first-order chi connectivity index (χ1) is 15.0. The molecule has 3 aromatic carbocycles. The molecule has 3 aromatic rings. The van der Waals surface area contributed by atoms with Crippen LogP contribution in [0.2, 0.25) is 0 Å². The van der Waals surface area contributed by atoms with Gasteiger partial charge < -0.3 is 10.1 Å². The van der Waals surface area contributed by atoms with E-state index in [0.29, 0.717) is 16.9 Å². The van der Waals surface area contributed by atoms with Crippen LogP contribution in [0.1, 0.15) is 16.7 Å². The summed E-state index contributed by atoms with van der Waals surface area (Å²) in [4.78, 5) is 25.7. The summed E-state index contributed by atoms with van der Waals surface area (Å²) in [6.07, 6.45) is 1.53. The topological polar surface area (TPSA) is 58.6 Å². The van der Waals surface area contributed by atoms with Crippen LogP contribution in [0.4, 0.5) is 13.6 Å². The number of rotatable bonds is 6. The molecule has 5 nitrogen and oxygen atoms in total. The van der Waals surface area contributed by atoms with Gasteiger partial charge in [-0.1, -0.05) is 48.5 Å². The minimum absolute atomic E-state index is 0.0899. The Hall–Kier alpha value is -4.00. The second-order valence-corrected chi connectivity index (χ2v) is 6.92. The number of carbonyl (C=O) groups excluding carboxylic acids is 2. The molecule has 3 amide bonds. The van der Waals surface area contributed by atoms with Gasteiger partial charge in [-0.05, 0) is 35.9 Å². The lowest BCUT2D eigenvalue weighted by atomic mass is 10.1. The van der Waals surface area contributed by atoms with Gasteiger partial charge in [0.15, 0.2) is 0 Å². The van der Waals surface area contributed by atoms with E-state index in [0.717, 1.165) is 4.90 Å². The van der Waals surface area contributed by atoms with E-state index in [1.54, 1.807) is 54.6 Å². The second kappa shape index (κ2) is 8.79. The molecule has 0 saturated carbocycles. The van der Waals surface area contributed by atoms with Gasteiger partial charge in [-0.2, -0.15) is 0 Å². The number of halogens is 2. The van der Waals surface area contributed by atoms with Crippen LogP contribution in [0, 0.1) is 11.6 Å². The first kappa shape index (κ1) is 20.3. The molecule has 0 spiro atoms. The van der Waals surface area contributed by atoms with Gasteiger partial charge >= 0.3 is 6.03 Å². The van der Waals surface area contributed by atoms with Crippen molar-refractivity contribution in [2.24, 2.45) is 0 Å². The number of imide groups is 1. The monoisotopic (exact) mass is 420 g/mol. The molecule has 0 unspecified atom stereocenters. The highest BCUT2D eigenvalue weighted by Crippen LogP contribution is 2.20. The van der Waals surface area contributed by atoms with Crippen molar-refractivity contribution < 1.29 is 23.1 Å². The summed E-state index contributed by atoms with van der Waals surface area (Å²) >= 11 is 0. The molecule has 0 bridgehead atoms. The smallest absolute Gasteiger partial charge is 0.329 e. The van der Waals surface area contributed by atoms with Crippen molar-refractivity contribution in [2.45, 2.75) is 13.2 Å². The molecule has 1 saturated heterocycles. The van der Waals surface area contributed by atoms with E-state index in [1.807, 2.05) is 0 Å². The number of amides is 3. The lowest BCUT2D eigenvalue weighted by molar-refractivity contribution is -0.123. The summed E-state index contributed by atoms with van der Waals surface area (Å²) in [5.41, 5.74) is 1.46. The maximum absolute atomic E-state index is 13.9. The highest BCUT2D eigenvalue weighted by atomic mass is 19.1. The molecule has 0 radical (unpaired) electrons. The zero-order valence-electron chi connectivity index (χ0n) is 16.3. The molecular formula is C24H18F2N2O3. The number of nitrogens with zero attached hydrogens (tertiary/aromatic N) is 1. The molecule has 31 heavy (non-hydrogen) atoms. The van der Waals surface area contributed by atoms with Gasteiger partial charge in [0.2, 0.25) is 0 Å². The van der Waals surface area contributed by atoms with Crippen LogP contribution in [0.25, 0.3) is 6.08 Å². The summed E-state index contributed by atoms with van der Waals surface area (Å²) < 4.78 is 33.1. The Balaban J connectivity index is 1.42. The van der Waals surface area contributed by atoms with E-state index < -0.39 is 17.8 Å². The third-order valence-corrected chi connectivity index (χ3v) is 4.79. The zero-order chi connectivity index (χ0) is 21.8. The Morgan fingerprint density at radius 3 is 2.10 bits per heavy atom. The van der Waals surface area contributed by atoms with E-state index in [4.69, 9.17) is 4.74 Å². The SMILES string of the molecule is O=C1NC(=Cc2ccc(OCc3ccccc3F)cc2)C(=O)N1Cc1ccccc1F. The number of hydrogen-bond acceptors (Lipinski definition) is 3. The zero-order valence-corrected chi connectivity index (χ0v) is 16.3. The molecule has 1 aliphatic rings. The van der Waals surface area contributed by atoms with Crippen LogP contribution in [-0.2, 0) is 17.9 Å². The summed E-state index contributed by atoms with van der Waals surface area (Å²) in [7, 11) is 0. The number of urea groups is 1. The number of hydrogen-bond donors (Lipinski definition) is 1. The molecule has 1 aliphatic heterocycles. The number of carbonyl (C=O) groups is 2. The summed E-state index contributed by atoms with van der Waals surface area (Å²) in [6, 6.07) is 18.5. The van der Waals surface area contributed by atoms with Crippen molar-refractivity contribution in [1.29, 1.82) is 0 Å². The van der Waals surface area contributed by atoms with Gasteiger partial charge in [-0.3, -0.25) is 9.69 Å². The number of ether oxygens (including phenoxy) is 1. The van der Waals surface area contributed by atoms with Crippen LogP contribution in [0.5, 0.6) is 5.75 Å². The van der Waals surface area contributed by atoms with Gasteiger partial charge in [0.25, 0.3) is 5.91 Å². The lowest BCUT2D eigenvalue weighted by Gasteiger charge is -2.12. The normalized spacial score (nSPS) is 14.8. The largest absolute Gasteiger partial charge is 0.489 e. The third-order valence-electron chi connectivity index (χ3n) is 4.79. The minimum Gasteiger partial charge on any atom is -0.489 e. The van der Waals surface area contributed by atoms with Crippen molar-refractivity contribution in [3.8, 4) is 5.75 Å². The molecule has 0 atom stereocenters. The molecule has 1 heterocycles. The van der Waals surface area contributed by atoms with Gasteiger partial charge in [0.05, 0.1) is 6.54 Å². The van der Waals surface area contributed by atoms with E-state index in [1.165, 1.54) is 24.3 Å². The number of nitrogens with one attached hydrogen (secondary N) is 1. The van der Waals surface area contributed by atoms with Gasteiger partial charge in [0, 0.05) is 11.1 Å². The average molecular weight is 420 g/mol. The number of benzene rings is 3. The van der Waals surface area contributed by atoms with Gasteiger partial charge in [0.1, 0.15) is 29.7 Å². The van der Waals surface area contributed by atoms with Crippen molar-refractivity contribution >= 4 is 18.0 Å². The fraction of sp³-hybridized carbons (Fsp3) is 0.0833. The van der Waals surface area contributed by atoms with Crippen LogP contribution >= 0.6 is 0 Å². The Morgan fingerprint density at radius 1 is 0.839 bits per heavy atom. The molecule has 1 fully saturated rings. The predicted molar refractivity (Wildman–Crippen MR) is 111 cm³/mol. The standard InChI is InChI=1S/C24H18F2N2O3/c25-20-7-3-1-5-17(20)14-28-23(29)22(27-24(28)30)13-16-9-11-19(12-10-16)31-15-18-6-2-4-8-21(18)26/h1-13H,14-15H2,(H,27,30). The minimum atomic E-state index is -0.607. The fourth-order valence-corrected chi connectivity index (χ4v) is 3.12. The molecule has 0 aromatic heterocycles. The average Bonchev–Trinajstić information content (AvgIpc) is 3.03. The third kappa shape index (κ3) is 4.61.